The lowest BCUT2D eigenvalue weighted by molar-refractivity contribution is -0.180. The number of rotatable bonds is 5. The van der Waals surface area contributed by atoms with E-state index in [9.17, 15) is 18.0 Å². The Hall–Kier alpha value is -4.30. The molecule has 42 heavy (non-hydrogen) atoms. The predicted molar refractivity (Wildman–Crippen MR) is 155 cm³/mol. The summed E-state index contributed by atoms with van der Waals surface area (Å²) in [6, 6.07) is 15.8. The summed E-state index contributed by atoms with van der Waals surface area (Å²) >= 11 is 0.837. The lowest BCUT2D eigenvalue weighted by Crippen LogP contribution is -2.37. The average Bonchev–Trinajstić information content (AvgIpc) is 3.37. The Morgan fingerprint density at radius 1 is 1.14 bits per heavy atom. The number of aromatic nitrogens is 1. The smallest absolute Gasteiger partial charge is 0.400 e. The van der Waals surface area contributed by atoms with Crippen molar-refractivity contribution in [3.8, 4) is 0 Å². The predicted octanol–water partition coefficient (Wildman–Crippen LogP) is 4.29. The highest BCUT2D eigenvalue weighted by Crippen LogP contribution is 2.45. The molecule has 1 amide bonds. The molecule has 0 spiro atoms. The van der Waals surface area contributed by atoms with Crippen LogP contribution in [0, 0.1) is 5.41 Å². The van der Waals surface area contributed by atoms with Gasteiger partial charge in [-0.05, 0) is 19.9 Å². The van der Waals surface area contributed by atoms with E-state index in [2.05, 4.69) is 20.3 Å². The lowest BCUT2D eigenvalue weighted by Gasteiger charge is -2.28. The van der Waals surface area contributed by atoms with Crippen LogP contribution in [0.2, 0.25) is 0 Å². The van der Waals surface area contributed by atoms with Crippen LogP contribution in [0.4, 0.5) is 23.9 Å². The van der Waals surface area contributed by atoms with Crippen LogP contribution in [-0.4, -0.2) is 67.2 Å². The van der Waals surface area contributed by atoms with Crippen molar-refractivity contribution < 1.29 is 27.4 Å². The van der Waals surface area contributed by atoms with Crippen molar-refractivity contribution in [2.45, 2.75) is 31.6 Å². The van der Waals surface area contributed by atoms with Gasteiger partial charge in [0.25, 0.3) is 11.9 Å². The molecule has 0 saturated carbocycles. The fourth-order valence-electron chi connectivity index (χ4n) is 4.29. The van der Waals surface area contributed by atoms with Crippen LogP contribution in [0.5, 0.6) is 0 Å². The summed E-state index contributed by atoms with van der Waals surface area (Å²) in [6.07, 6.45) is -5.94. The first kappa shape index (κ1) is 29.2. The van der Waals surface area contributed by atoms with Gasteiger partial charge in [-0.1, -0.05) is 59.9 Å². The Labute approximate surface area is 243 Å². The van der Waals surface area contributed by atoms with E-state index >= 15 is 0 Å². The van der Waals surface area contributed by atoms with Crippen molar-refractivity contribution in [1.29, 1.82) is 5.41 Å². The standard InChI is InChI=1S/C28H28F3N7O3S/c1-27(2,28(29,30)31)25-36-20(24(42-25)38-12-14-40-15-13-38)21(32)41-26(33)37-22-23(39)34-18-11-7-6-10-17(18)19(35-22)16-8-4-3-5-9-16/h3-11,22,32H,12-15H2,1-2H3,(H2,33,37)(H,34,39). The van der Waals surface area contributed by atoms with E-state index in [1.54, 1.807) is 17.0 Å². The van der Waals surface area contributed by atoms with Gasteiger partial charge in [0.1, 0.15) is 15.4 Å². The molecule has 10 nitrogen and oxygen atoms in total. The number of halogens is 3. The summed E-state index contributed by atoms with van der Waals surface area (Å²) in [7, 11) is 0. The molecule has 0 bridgehead atoms. The highest BCUT2D eigenvalue weighted by Gasteiger charge is 2.51. The molecule has 1 aromatic heterocycles. The number of anilines is 2. The average molecular weight is 600 g/mol. The number of nitrogens with two attached hydrogens (primary N) is 1. The summed E-state index contributed by atoms with van der Waals surface area (Å²) in [4.78, 5) is 27.8. The number of amides is 1. The monoisotopic (exact) mass is 599 g/mol. The maximum atomic E-state index is 13.9. The first-order valence-electron chi connectivity index (χ1n) is 13.0. The molecule has 0 radical (unpaired) electrons. The highest BCUT2D eigenvalue weighted by atomic mass is 32.1. The Kier molecular flexibility index (Phi) is 8.01. The van der Waals surface area contributed by atoms with Crippen LogP contribution in [0.1, 0.15) is 35.7 Å². The van der Waals surface area contributed by atoms with Gasteiger partial charge in [-0.25, -0.2) is 9.98 Å². The summed E-state index contributed by atoms with van der Waals surface area (Å²) in [5.41, 5.74) is 6.10. The second-order valence-corrected chi connectivity index (χ2v) is 11.0. The van der Waals surface area contributed by atoms with Crippen molar-refractivity contribution >= 4 is 45.6 Å². The first-order valence-corrected chi connectivity index (χ1v) is 13.8. The molecular formula is C28H28F3N7O3S. The van der Waals surface area contributed by atoms with Gasteiger partial charge in [0.2, 0.25) is 12.1 Å². The molecule has 0 aliphatic carbocycles. The number of ether oxygens (including phenoxy) is 2. The number of morpholine rings is 1. The molecule has 220 valence electrons. The van der Waals surface area contributed by atoms with Crippen molar-refractivity contribution in [2.75, 3.05) is 36.5 Å². The van der Waals surface area contributed by atoms with Gasteiger partial charge >= 0.3 is 6.18 Å². The van der Waals surface area contributed by atoms with Crippen molar-refractivity contribution in [1.82, 2.24) is 4.98 Å². The van der Waals surface area contributed by atoms with E-state index in [0.717, 1.165) is 30.7 Å². The number of alkyl halides is 3. The number of aliphatic imine (C=N–C) groups is 2. The molecule has 1 saturated heterocycles. The Morgan fingerprint density at radius 3 is 2.50 bits per heavy atom. The molecular weight excluding hydrogens is 571 g/mol. The number of amidine groups is 1. The maximum Gasteiger partial charge on any atom is 0.400 e. The zero-order valence-electron chi connectivity index (χ0n) is 22.7. The molecule has 2 aromatic carbocycles. The van der Waals surface area contributed by atoms with Crippen LogP contribution in [-0.2, 0) is 19.7 Å². The summed E-state index contributed by atoms with van der Waals surface area (Å²) in [5, 5.41) is 11.5. The number of fused-ring (bicyclic) bond motifs is 1. The summed E-state index contributed by atoms with van der Waals surface area (Å²) < 4.78 is 52.4. The van der Waals surface area contributed by atoms with Crippen LogP contribution in [0.3, 0.4) is 0 Å². The molecule has 1 atom stereocenters. The molecule has 1 unspecified atom stereocenters. The zero-order valence-corrected chi connectivity index (χ0v) is 23.6. The fraction of sp³-hybridized carbons (Fsp3) is 0.321. The number of benzene rings is 2. The number of thiazole rings is 1. The number of nitrogens with zero attached hydrogens (tertiary/aromatic N) is 4. The van der Waals surface area contributed by atoms with E-state index in [4.69, 9.17) is 20.6 Å². The number of nitrogens with one attached hydrogen (secondary N) is 2. The SMILES string of the molecule is CC(C)(c1nc(C(=N)O/C(N)=N/C2N=C(c3ccccc3)c3ccccc3NC2=O)c(N2CCOCC2)s1)C(F)(F)F. The largest absolute Gasteiger partial charge is 0.405 e. The van der Waals surface area contributed by atoms with Gasteiger partial charge in [-0.3, -0.25) is 10.2 Å². The minimum atomic E-state index is -4.58. The van der Waals surface area contributed by atoms with Gasteiger partial charge in [0, 0.05) is 24.2 Å². The lowest BCUT2D eigenvalue weighted by atomic mass is 9.94. The molecule has 14 heteroatoms. The third-order valence-electron chi connectivity index (χ3n) is 6.80. The number of carbonyl (C=O) groups is 1. The topological polar surface area (TPSA) is 138 Å². The minimum absolute atomic E-state index is 0.112. The quantitative estimate of drug-likeness (QED) is 0.296. The minimum Gasteiger partial charge on any atom is -0.405 e. The van der Waals surface area contributed by atoms with Gasteiger partial charge in [0.05, 0.1) is 24.6 Å². The van der Waals surface area contributed by atoms with Crippen molar-refractivity contribution in [3.63, 3.8) is 0 Å². The van der Waals surface area contributed by atoms with Crippen LogP contribution in [0.25, 0.3) is 0 Å². The van der Waals surface area contributed by atoms with E-state index < -0.39 is 35.6 Å². The first-order chi connectivity index (χ1) is 20.0. The van der Waals surface area contributed by atoms with E-state index in [1.807, 2.05) is 42.5 Å². The van der Waals surface area contributed by atoms with Crippen molar-refractivity contribution in [3.05, 3.63) is 76.4 Å². The Morgan fingerprint density at radius 2 is 1.81 bits per heavy atom. The summed E-state index contributed by atoms with van der Waals surface area (Å²) in [6.45, 7) is 3.60. The van der Waals surface area contributed by atoms with Crippen molar-refractivity contribution in [2.24, 2.45) is 15.7 Å². The molecule has 2 aliphatic heterocycles. The highest BCUT2D eigenvalue weighted by molar-refractivity contribution is 7.16. The molecule has 2 aliphatic rings. The number of para-hydroxylation sites is 1. The Balaban J connectivity index is 1.47. The second kappa shape index (κ2) is 11.5. The fourth-order valence-corrected chi connectivity index (χ4v) is 5.53. The van der Waals surface area contributed by atoms with Gasteiger partial charge < -0.3 is 25.4 Å². The Bertz CT molecular complexity index is 1550. The van der Waals surface area contributed by atoms with Crippen LogP contribution in [0.15, 0.2) is 64.6 Å². The van der Waals surface area contributed by atoms with Gasteiger partial charge in [0.15, 0.2) is 5.69 Å². The third-order valence-corrected chi connectivity index (χ3v) is 8.24. The second-order valence-electron chi connectivity index (χ2n) is 10.0. The third kappa shape index (κ3) is 5.85. The van der Waals surface area contributed by atoms with Gasteiger partial charge in [-0.15, -0.1) is 0 Å². The molecule has 3 heterocycles. The molecule has 4 N–H and O–H groups in total. The summed E-state index contributed by atoms with van der Waals surface area (Å²) in [5.74, 6) is -1.19. The molecule has 3 aromatic rings. The number of benzodiazepines with no additional fused rings is 1. The molecule has 1 fully saturated rings. The van der Waals surface area contributed by atoms with E-state index in [-0.39, 0.29) is 10.7 Å². The van der Waals surface area contributed by atoms with Gasteiger partial charge in [-0.2, -0.15) is 18.2 Å². The number of hydrogen-bond acceptors (Lipinski definition) is 9. The molecule has 5 rings (SSSR count). The van der Waals surface area contributed by atoms with E-state index in [1.165, 1.54) is 0 Å². The maximum absolute atomic E-state index is 13.9. The number of hydrogen-bond donors (Lipinski definition) is 3. The zero-order chi connectivity index (χ0) is 30.1. The normalized spacial score (nSPS) is 18.1. The number of carbonyl (C=O) groups excluding carboxylic acids is 1. The van der Waals surface area contributed by atoms with Crippen LogP contribution < -0.4 is 16.0 Å². The van der Waals surface area contributed by atoms with E-state index in [0.29, 0.717) is 48.3 Å². The van der Waals surface area contributed by atoms with Crippen LogP contribution >= 0.6 is 11.3 Å².